The second kappa shape index (κ2) is 12.5. The summed E-state index contributed by atoms with van der Waals surface area (Å²) in [5, 5.41) is 9.64. The van der Waals surface area contributed by atoms with Crippen molar-refractivity contribution in [1.29, 1.82) is 0 Å². The van der Waals surface area contributed by atoms with Crippen molar-refractivity contribution in [3.8, 4) is 33.6 Å². The standard InChI is InChI=1S/C54H41N3/c1-54(2,3)34-30-45(43-32-47-39-24-14-16-28-49(39)56(35-18-6-4-7-19-35)52(47)41-26-12-10-22-37(41)43)51(55)46(31-34)44-33-48-40-25-15-17-29-50(40)57(36-20-8-5-9-21-36)53(48)42-27-13-11-23-38(42)44/h4-33H,55H2,1-3H3. The number of hydrogen-bond acceptors (Lipinski definition) is 1. The maximum Gasteiger partial charge on any atom is 0.0619 e. The Balaban J connectivity index is 1.26. The molecule has 272 valence electrons. The van der Waals surface area contributed by atoms with E-state index in [1.165, 1.54) is 70.7 Å². The first-order valence-corrected chi connectivity index (χ1v) is 19.8. The van der Waals surface area contributed by atoms with Crippen LogP contribution < -0.4 is 5.73 Å². The Labute approximate surface area is 331 Å². The van der Waals surface area contributed by atoms with Gasteiger partial charge in [-0.2, -0.15) is 0 Å². The quantitative estimate of drug-likeness (QED) is 0.180. The first-order valence-electron chi connectivity index (χ1n) is 19.8. The molecule has 0 amide bonds. The van der Waals surface area contributed by atoms with Gasteiger partial charge in [0.25, 0.3) is 0 Å². The molecule has 0 spiro atoms. The van der Waals surface area contributed by atoms with E-state index in [1.54, 1.807) is 0 Å². The number of benzene rings is 9. The molecule has 0 aliphatic heterocycles. The van der Waals surface area contributed by atoms with E-state index in [1.807, 2.05) is 0 Å². The smallest absolute Gasteiger partial charge is 0.0619 e. The molecule has 11 aromatic rings. The summed E-state index contributed by atoms with van der Waals surface area (Å²) in [6.45, 7) is 6.90. The molecule has 2 heterocycles. The van der Waals surface area contributed by atoms with Crippen LogP contribution in [0, 0.1) is 0 Å². The molecule has 57 heavy (non-hydrogen) atoms. The fraction of sp³-hybridized carbons (Fsp3) is 0.0741. The zero-order valence-corrected chi connectivity index (χ0v) is 32.3. The van der Waals surface area contributed by atoms with Gasteiger partial charge in [-0.3, -0.25) is 0 Å². The molecule has 0 saturated carbocycles. The number of para-hydroxylation sites is 4. The topological polar surface area (TPSA) is 35.9 Å². The van der Waals surface area contributed by atoms with E-state index in [0.29, 0.717) is 0 Å². The Morgan fingerprint density at radius 1 is 0.351 bits per heavy atom. The van der Waals surface area contributed by atoms with Gasteiger partial charge in [-0.1, -0.05) is 142 Å². The summed E-state index contributed by atoms with van der Waals surface area (Å²) < 4.78 is 4.84. The van der Waals surface area contributed by atoms with Crippen molar-refractivity contribution in [2.45, 2.75) is 26.2 Å². The third kappa shape index (κ3) is 4.98. The van der Waals surface area contributed by atoms with Crippen LogP contribution in [0.15, 0.2) is 182 Å². The average Bonchev–Trinajstić information content (AvgIpc) is 3.77. The summed E-state index contributed by atoms with van der Waals surface area (Å²) in [7, 11) is 0. The number of rotatable bonds is 4. The van der Waals surface area contributed by atoms with Crippen molar-refractivity contribution in [3.05, 3.63) is 188 Å². The van der Waals surface area contributed by atoms with Crippen LogP contribution >= 0.6 is 0 Å². The third-order valence-electron chi connectivity index (χ3n) is 12.0. The van der Waals surface area contributed by atoms with Crippen LogP contribution in [-0.2, 0) is 5.41 Å². The maximum atomic E-state index is 7.64. The minimum Gasteiger partial charge on any atom is -0.398 e. The molecule has 0 radical (unpaired) electrons. The summed E-state index contributed by atoms with van der Waals surface area (Å²) in [5.74, 6) is 0. The molecule has 2 N–H and O–H groups in total. The molecule has 0 aliphatic rings. The van der Waals surface area contributed by atoms with E-state index < -0.39 is 0 Å². The SMILES string of the molecule is CC(C)(C)c1cc(-c2cc3c4ccccc4n(-c4ccccc4)c3c3ccccc23)c(N)c(-c2cc3c4ccccc4n(-c4ccccc4)c3c3ccccc23)c1. The van der Waals surface area contributed by atoms with Gasteiger partial charge in [0.15, 0.2) is 0 Å². The van der Waals surface area contributed by atoms with Gasteiger partial charge >= 0.3 is 0 Å². The molecule has 2 aromatic heterocycles. The summed E-state index contributed by atoms with van der Waals surface area (Å²) in [6.07, 6.45) is 0. The second-order valence-corrected chi connectivity index (χ2v) is 16.3. The zero-order chi connectivity index (χ0) is 38.4. The lowest BCUT2D eigenvalue weighted by atomic mass is 9.81. The largest absolute Gasteiger partial charge is 0.398 e. The van der Waals surface area contributed by atoms with Crippen LogP contribution in [-0.4, -0.2) is 9.13 Å². The lowest BCUT2D eigenvalue weighted by molar-refractivity contribution is 0.591. The molecule has 3 nitrogen and oxygen atoms in total. The van der Waals surface area contributed by atoms with E-state index in [2.05, 4.69) is 212 Å². The lowest BCUT2D eigenvalue weighted by Crippen LogP contribution is -2.12. The normalized spacial score (nSPS) is 12.2. The van der Waals surface area contributed by atoms with Crippen LogP contribution in [0.1, 0.15) is 26.3 Å². The number of nitrogens with zero attached hydrogens (tertiary/aromatic N) is 2. The number of hydrogen-bond donors (Lipinski definition) is 1. The van der Waals surface area contributed by atoms with E-state index in [0.717, 1.165) is 39.3 Å². The van der Waals surface area contributed by atoms with Crippen LogP contribution in [0.5, 0.6) is 0 Å². The van der Waals surface area contributed by atoms with Crippen molar-refractivity contribution >= 4 is 70.8 Å². The average molecular weight is 732 g/mol. The van der Waals surface area contributed by atoms with Crippen molar-refractivity contribution in [1.82, 2.24) is 9.13 Å². The van der Waals surface area contributed by atoms with Crippen LogP contribution in [0.2, 0.25) is 0 Å². The summed E-state index contributed by atoms with van der Waals surface area (Å²) in [6, 6.07) is 66.2. The lowest BCUT2D eigenvalue weighted by Gasteiger charge is -2.24. The molecular weight excluding hydrogens is 691 g/mol. The number of nitrogens with two attached hydrogens (primary N) is 1. The van der Waals surface area contributed by atoms with Gasteiger partial charge in [0.05, 0.1) is 22.1 Å². The molecule has 0 aliphatic carbocycles. The highest BCUT2D eigenvalue weighted by atomic mass is 15.0. The van der Waals surface area contributed by atoms with Crippen LogP contribution in [0.25, 0.3) is 98.8 Å². The Kier molecular flexibility index (Phi) is 7.27. The van der Waals surface area contributed by atoms with E-state index in [9.17, 15) is 0 Å². The maximum absolute atomic E-state index is 7.64. The highest BCUT2D eigenvalue weighted by Gasteiger charge is 2.25. The molecule has 9 aromatic carbocycles. The van der Waals surface area contributed by atoms with Gasteiger partial charge in [0, 0.05) is 60.5 Å². The van der Waals surface area contributed by atoms with Crippen LogP contribution in [0.4, 0.5) is 5.69 Å². The van der Waals surface area contributed by atoms with Crippen molar-refractivity contribution in [2.24, 2.45) is 0 Å². The Morgan fingerprint density at radius 3 is 1.11 bits per heavy atom. The monoisotopic (exact) mass is 731 g/mol. The van der Waals surface area contributed by atoms with Gasteiger partial charge < -0.3 is 14.9 Å². The molecular formula is C54H41N3. The zero-order valence-electron chi connectivity index (χ0n) is 32.3. The van der Waals surface area contributed by atoms with E-state index in [4.69, 9.17) is 5.73 Å². The summed E-state index contributed by atoms with van der Waals surface area (Å²) >= 11 is 0. The molecule has 0 saturated heterocycles. The molecule has 0 fully saturated rings. The van der Waals surface area contributed by atoms with Crippen molar-refractivity contribution < 1.29 is 0 Å². The predicted molar refractivity (Wildman–Crippen MR) is 244 cm³/mol. The highest BCUT2D eigenvalue weighted by Crippen LogP contribution is 2.48. The number of aromatic nitrogens is 2. The Morgan fingerprint density at radius 2 is 0.702 bits per heavy atom. The van der Waals surface area contributed by atoms with Crippen molar-refractivity contribution in [2.75, 3.05) is 5.73 Å². The first-order chi connectivity index (χ1) is 27.9. The highest BCUT2D eigenvalue weighted by molar-refractivity contribution is 6.25. The van der Waals surface area contributed by atoms with Crippen LogP contribution in [0.3, 0.4) is 0 Å². The Hall–Kier alpha value is -7.10. The molecule has 0 atom stereocenters. The van der Waals surface area contributed by atoms with Crippen molar-refractivity contribution in [3.63, 3.8) is 0 Å². The predicted octanol–water partition coefficient (Wildman–Crippen LogP) is 14.4. The van der Waals surface area contributed by atoms with E-state index >= 15 is 0 Å². The van der Waals surface area contributed by atoms with Gasteiger partial charge in [-0.15, -0.1) is 0 Å². The van der Waals surface area contributed by atoms with Gasteiger partial charge in [-0.25, -0.2) is 0 Å². The fourth-order valence-electron chi connectivity index (χ4n) is 9.31. The molecule has 0 bridgehead atoms. The Bertz CT molecular complexity index is 3160. The number of fused-ring (bicyclic) bond motifs is 10. The summed E-state index contributed by atoms with van der Waals surface area (Å²) in [4.78, 5) is 0. The number of nitrogen functional groups attached to an aromatic ring is 1. The van der Waals surface area contributed by atoms with Gasteiger partial charge in [-0.05, 0) is 93.5 Å². The van der Waals surface area contributed by atoms with Gasteiger partial charge in [0.2, 0.25) is 0 Å². The second-order valence-electron chi connectivity index (χ2n) is 16.3. The molecule has 0 unspecified atom stereocenters. The minimum atomic E-state index is -0.135. The van der Waals surface area contributed by atoms with Gasteiger partial charge in [0.1, 0.15) is 0 Å². The fourth-order valence-corrected chi connectivity index (χ4v) is 9.31. The third-order valence-corrected chi connectivity index (χ3v) is 12.0. The summed E-state index contributed by atoms with van der Waals surface area (Å²) in [5.41, 5.74) is 21.0. The molecule has 11 rings (SSSR count). The first kappa shape index (κ1) is 33.3. The molecule has 3 heteroatoms. The number of anilines is 1. The minimum absolute atomic E-state index is 0.135. The van der Waals surface area contributed by atoms with E-state index in [-0.39, 0.29) is 5.41 Å².